The van der Waals surface area contributed by atoms with Crippen molar-refractivity contribution in [3.05, 3.63) is 34.3 Å². The number of halogens is 4. The van der Waals surface area contributed by atoms with E-state index in [1.807, 2.05) is 6.92 Å². The van der Waals surface area contributed by atoms with Crippen LogP contribution in [0.2, 0.25) is 5.02 Å². The first-order valence-electron chi connectivity index (χ1n) is 5.32. The number of ether oxygens (including phenoxy) is 1. The van der Waals surface area contributed by atoms with Gasteiger partial charge in [-0.15, -0.1) is 0 Å². The lowest BCUT2D eigenvalue weighted by Gasteiger charge is -2.15. The summed E-state index contributed by atoms with van der Waals surface area (Å²) in [4.78, 5) is 0. The van der Waals surface area contributed by atoms with Crippen molar-refractivity contribution < 1.29 is 17.9 Å². The number of alkyl halides is 3. The third-order valence-corrected chi connectivity index (χ3v) is 2.79. The molecule has 0 spiro atoms. The van der Waals surface area contributed by atoms with Crippen molar-refractivity contribution in [3.63, 3.8) is 0 Å². The van der Waals surface area contributed by atoms with E-state index in [0.717, 1.165) is 6.07 Å². The molecule has 0 amide bonds. The van der Waals surface area contributed by atoms with Crippen molar-refractivity contribution in [1.82, 2.24) is 0 Å². The molecule has 0 N–H and O–H groups in total. The summed E-state index contributed by atoms with van der Waals surface area (Å²) >= 11 is 5.76. The lowest BCUT2D eigenvalue weighted by atomic mass is 10.0. The Balaban J connectivity index is 2.95. The molecule has 17 heavy (non-hydrogen) atoms. The van der Waals surface area contributed by atoms with Crippen LogP contribution in [0.15, 0.2) is 18.2 Å². The molecule has 0 aliphatic rings. The minimum atomic E-state index is -4.41. The highest BCUT2D eigenvalue weighted by Crippen LogP contribution is 2.36. The van der Waals surface area contributed by atoms with Gasteiger partial charge in [-0.25, -0.2) is 0 Å². The monoisotopic (exact) mass is 266 g/mol. The first kappa shape index (κ1) is 14.3. The van der Waals surface area contributed by atoms with E-state index in [1.165, 1.54) is 6.07 Å². The summed E-state index contributed by atoms with van der Waals surface area (Å²) in [6, 6.07) is 3.94. The molecule has 0 saturated carbocycles. The molecule has 96 valence electrons. The van der Waals surface area contributed by atoms with Gasteiger partial charge in [-0.1, -0.05) is 23.7 Å². The summed E-state index contributed by atoms with van der Waals surface area (Å²) in [5, 5.41) is -0.230. The Morgan fingerprint density at radius 1 is 1.35 bits per heavy atom. The molecule has 0 heterocycles. The van der Waals surface area contributed by atoms with Gasteiger partial charge in [-0.3, -0.25) is 0 Å². The Morgan fingerprint density at radius 2 is 2.00 bits per heavy atom. The maximum atomic E-state index is 12.6. The Morgan fingerprint density at radius 3 is 2.53 bits per heavy atom. The predicted molar refractivity (Wildman–Crippen MR) is 61.2 cm³/mol. The van der Waals surface area contributed by atoms with Gasteiger partial charge in [0.1, 0.15) is 0 Å². The molecule has 5 heteroatoms. The summed E-state index contributed by atoms with van der Waals surface area (Å²) in [5.41, 5.74) is -0.331. The standard InChI is InChI=1S/C12H14ClF3O/c1-3-17-8(2)7-9-5-4-6-10(11(9)13)12(14,15)16/h4-6,8H,3,7H2,1-2H3. The van der Waals surface area contributed by atoms with Crippen LogP contribution in [0.5, 0.6) is 0 Å². The van der Waals surface area contributed by atoms with E-state index >= 15 is 0 Å². The molecule has 0 fully saturated rings. The second kappa shape index (κ2) is 5.74. The molecule has 0 aromatic heterocycles. The van der Waals surface area contributed by atoms with Crippen molar-refractivity contribution in [2.24, 2.45) is 0 Å². The maximum Gasteiger partial charge on any atom is 0.417 e. The first-order valence-corrected chi connectivity index (χ1v) is 5.70. The van der Waals surface area contributed by atoms with Gasteiger partial charge in [-0.05, 0) is 31.9 Å². The van der Waals surface area contributed by atoms with Crippen LogP contribution in [-0.2, 0) is 17.3 Å². The number of benzene rings is 1. The lowest BCUT2D eigenvalue weighted by molar-refractivity contribution is -0.137. The van der Waals surface area contributed by atoms with Crippen LogP contribution in [0.25, 0.3) is 0 Å². The average molecular weight is 267 g/mol. The van der Waals surface area contributed by atoms with Gasteiger partial charge in [0.25, 0.3) is 0 Å². The molecule has 1 nitrogen and oxygen atoms in total. The predicted octanol–water partition coefficient (Wildman–Crippen LogP) is 4.33. The Labute approximate surface area is 104 Å². The maximum absolute atomic E-state index is 12.6. The van der Waals surface area contributed by atoms with E-state index < -0.39 is 11.7 Å². The first-order chi connectivity index (χ1) is 7.86. The van der Waals surface area contributed by atoms with E-state index in [9.17, 15) is 13.2 Å². The molecule has 1 atom stereocenters. The second-order valence-electron chi connectivity index (χ2n) is 3.75. The zero-order valence-electron chi connectivity index (χ0n) is 9.64. The van der Waals surface area contributed by atoms with Crippen molar-refractivity contribution in [2.45, 2.75) is 32.5 Å². The van der Waals surface area contributed by atoms with E-state index in [1.54, 1.807) is 13.0 Å². The molecule has 1 aromatic rings. The molecular formula is C12H14ClF3O. The minimum absolute atomic E-state index is 0.152. The number of rotatable bonds is 4. The zero-order chi connectivity index (χ0) is 13.1. The molecule has 1 rings (SSSR count). The summed E-state index contributed by atoms with van der Waals surface area (Å²) < 4.78 is 43.1. The van der Waals surface area contributed by atoms with Crippen LogP contribution < -0.4 is 0 Å². The number of hydrogen-bond donors (Lipinski definition) is 0. The SMILES string of the molecule is CCOC(C)Cc1cccc(C(F)(F)F)c1Cl. The molecule has 1 unspecified atom stereocenters. The highest BCUT2D eigenvalue weighted by atomic mass is 35.5. The topological polar surface area (TPSA) is 9.23 Å². The Bertz CT molecular complexity index is 377. The van der Waals surface area contributed by atoms with Crippen molar-refractivity contribution in [1.29, 1.82) is 0 Å². The third kappa shape index (κ3) is 3.89. The quantitative estimate of drug-likeness (QED) is 0.788. The Kier molecular flexibility index (Phi) is 4.83. The van der Waals surface area contributed by atoms with Crippen LogP contribution >= 0.6 is 11.6 Å². The molecular weight excluding hydrogens is 253 g/mol. The zero-order valence-corrected chi connectivity index (χ0v) is 10.4. The average Bonchev–Trinajstić information content (AvgIpc) is 2.19. The molecule has 0 aliphatic carbocycles. The fourth-order valence-corrected chi connectivity index (χ4v) is 1.92. The van der Waals surface area contributed by atoms with Gasteiger partial charge in [0, 0.05) is 6.61 Å². The minimum Gasteiger partial charge on any atom is -0.378 e. The summed E-state index contributed by atoms with van der Waals surface area (Å²) in [7, 11) is 0. The van der Waals surface area contributed by atoms with Gasteiger partial charge in [0.2, 0.25) is 0 Å². The van der Waals surface area contributed by atoms with Crippen LogP contribution in [-0.4, -0.2) is 12.7 Å². The summed E-state index contributed by atoms with van der Waals surface area (Å²) in [5.74, 6) is 0. The van der Waals surface area contributed by atoms with Gasteiger partial charge >= 0.3 is 6.18 Å². The largest absolute Gasteiger partial charge is 0.417 e. The molecule has 1 aromatic carbocycles. The van der Waals surface area contributed by atoms with Gasteiger partial charge in [-0.2, -0.15) is 13.2 Å². The van der Waals surface area contributed by atoms with Crippen LogP contribution in [0.4, 0.5) is 13.2 Å². The summed E-state index contributed by atoms with van der Waals surface area (Å²) in [6.07, 6.45) is -4.19. The van der Waals surface area contributed by atoms with E-state index in [0.29, 0.717) is 18.6 Å². The second-order valence-corrected chi connectivity index (χ2v) is 4.12. The van der Waals surface area contributed by atoms with Crippen LogP contribution in [0.1, 0.15) is 25.0 Å². The third-order valence-electron chi connectivity index (χ3n) is 2.34. The van der Waals surface area contributed by atoms with Crippen LogP contribution in [0, 0.1) is 0 Å². The Hall–Kier alpha value is -0.740. The molecule has 0 aliphatic heterocycles. The molecule has 0 saturated heterocycles. The fourth-order valence-electron chi connectivity index (χ4n) is 1.61. The van der Waals surface area contributed by atoms with Crippen molar-refractivity contribution in [3.8, 4) is 0 Å². The van der Waals surface area contributed by atoms with Gasteiger partial charge < -0.3 is 4.74 Å². The highest BCUT2D eigenvalue weighted by Gasteiger charge is 2.33. The van der Waals surface area contributed by atoms with Crippen molar-refractivity contribution in [2.75, 3.05) is 6.61 Å². The smallest absolute Gasteiger partial charge is 0.378 e. The van der Waals surface area contributed by atoms with Crippen molar-refractivity contribution >= 4 is 11.6 Å². The van der Waals surface area contributed by atoms with Gasteiger partial charge in [0.05, 0.1) is 16.7 Å². The normalized spacial score (nSPS) is 13.8. The lowest BCUT2D eigenvalue weighted by Crippen LogP contribution is -2.13. The molecule has 0 radical (unpaired) electrons. The fraction of sp³-hybridized carbons (Fsp3) is 0.500. The van der Waals surface area contributed by atoms with Crippen LogP contribution in [0.3, 0.4) is 0 Å². The summed E-state index contributed by atoms with van der Waals surface area (Å²) in [6.45, 7) is 4.17. The van der Waals surface area contributed by atoms with Gasteiger partial charge in [0.15, 0.2) is 0 Å². The van der Waals surface area contributed by atoms with E-state index in [2.05, 4.69) is 0 Å². The van der Waals surface area contributed by atoms with E-state index in [-0.39, 0.29) is 11.1 Å². The molecule has 0 bridgehead atoms. The van der Waals surface area contributed by atoms with E-state index in [4.69, 9.17) is 16.3 Å². The highest BCUT2D eigenvalue weighted by molar-refractivity contribution is 6.32. The number of hydrogen-bond acceptors (Lipinski definition) is 1.